The molecule has 2 aromatic rings. The van der Waals surface area contributed by atoms with Crippen molar-refractivity contribution in [2.24, 2.45) is 5.92 Å². The lowest BCUT2D eigenvalue weighted by molar-refractivity contribution is 0.0930. The highest BCUT2D eigenvalue weighted by atomic mass is 32.1. The van der Waals surface area contributed by atoms with Crippen LogP contribution in [0.2, 0.25) is 0 Å². The third-order valence-electron chi connectivity index (χ3n) is 4.19. The predicted octanol–water partition coefficient (Wildman–Crippen LogP) is 2.42. The number of aromatic nitrogens is 2. The zero-order chi connectivity index (χ0) is 15.4. The summed E-state index contributed by atoms with van der Waals surface area (Å²) in [5.74, 6) is 0.506. The van der Waals surface area contributed by atoms with Crippen LogP contribution >= 0.6 is 11.3 Å². The number of H-pyrrole nitrogens is 1. The highest BCUT2D eigenvalue weighted by Crippen LogP contribution is 2.20. The Morgan fingerprint density at radius 2 is 2.50 bits per heavy atom. The smallest absolute Gasteiger partial charge is 0.254 e. The van der Waals surface area contributed by atoms with E-state index in [1.165, 1.54) is 17.7 Å². The minimum atomic E-state index is -0.0263. The fourth-order valence-corrected chi connectivity index (χ4v) is 3.74. The van der Waals surface area contributed by atoms with Gasteiger partial charge in [0, 0.05) is 30.2 Å². The minimum Gasteiger partial charge on any atom is -0.352 e. The van der Waals surface area contributed by atoms with E-state index in [1.807, 2.05) is 18.3 Å². The molecule has 0 radical (unpaired) electrons. The molecular weight excluding hydrogens is 296 g/mol. The van der Waals surface area contributed by atoms with E-state index in [2.05, 4.69) is 37.9 Å². The Hall–Kier alpha value is -1.66. The summed E-state index contributed by atoms with van der Waals surface area (Å²) in [4.78, 5) is 16.0. The van der Waals surface area contributed by atoms with Crippen LogP contribution in [0.25, 0.3) is 0 Å². The number of nitrogens with zero attached hydrogens (tertiary/aromatic N) is 2. The standard InChI is InChI=1S/C16H22N4OS/c1-12-15(9-18-19-12)16(21)17-8-13-4-2-6-20(10-13)11-14-5-3-7-22-14/h3,5,7,9,13H,2,4,6,8,10-11H2,1H3,(H,17,21)(H,18,19)/t13-/m1/s1. The maximum Gasteiger partial charge on any atom is 0.254 e. The van der Waals surface area contributed by atoms with Crippen LogP contribution in [0.3, 0.4) is 0 Å². The van der Waals surface area contributed by atoms with Gasteiger partial charge in [0.2, 0.25) is 0 Å². The second-order valence-electron chi connectivity index (χ2n) is 5.94. The van der Waals surface area contributed by atoms with Crippen molar-refractivity contribution in [3.8, 4) is 0 Å². The zero-order valence-electron chi connectivity index (χ0n) is 12.8. The first-order valence-corrected chi connectivity index (χ1v) is 8.63. The van der Waals surface area contributed by atoms with E-state index in [9.17, 15) is 4.79 Å². The molecule has 6 heteroatoms. The molecule has 5 nitrogen and oxygen atoms in total. The third-order valence-corrected chi connectivity index (χ3v) is 5.05. The van der Waals surface area contributed by atoms with Gasteiger partial charge < -0.3 is 5.32 Å². The number of likely N-dealkylation sites (tertiary alicyclic amines) is 1. The molecule has 0 unspecified atom stereocenters. The Morgan fingerprint density at radius 3 is 3.23 bits per heavy atom. The van der Waals surface area contributed by atoms with Gasteiger partial charge in [-0.15, -0.1) is 11.3 Å². The summed E-state index contributed by atoms with van der Waals surface area (Å²) in [5.41, 5.74) is 1.46. The van der Waals surface area contributed by atoms with E-state index >= 15 is 0 Å². The number of amides is 1. The minimum absolute atomic E-state index is 0.0263. The number of hydrogen-bond donors (Lipinski definition) is 2. The number of aryl methyl sites for hydroxylation is 1. The second-order valence-corrected chi connectivity index (χ2v) is 6.97. The Balaban J connectivity index is 1.48. The third kappa shape index (κ3) is 3.75. The van der Waals surface area contributed by atoms with Crippen LogP contribution in [0, 0.1) is 12.8 Å². The van der Waals surface area contributed by atoms with E-state index in [4.69, 9.17) is 0 Å². The summed E-state index contributed by atoms with van der Waals surface area (Å²) in [6.45, 7) is 5.85. The fraction of sp³-hybridized carbons (Fsp3) is 0.500. The monoisotopic (exact) mass is 318 g/mol. The zero-order valence-corrected chi connectivity index (χ0v) is 13.7. The molecule has 3 rings (SSSR count). The van der Waals surface area contributed by atoms with Gasteiger partial charge in [0.15, 0.2) is 0 Å². The first-order valence-electron chi connectivity index (χ1n) is 7.75. The number of nitrogens with one attached hydrogen (secondary N) is 2. The molecule has 1 fully saturated rings. The van der Waals surface area contributed by atoms with E-state index in [-0.39, 0.29) is 5.91 Å². The van der Waals surface area contributed by atoms with Crippen LogP contribution in [-0.2, 0) is 6.54 Å². The van der Waals surface area contributed by atoms with Gasteiger partial charge in [-0.3, -0.25) is 14.8 Å². The normalized spacial score (nSPS) is 19.2. The van der Waals surface area contributed by atoms with E-state index in [1.54, 1.807) is 6.20 Å². The van der Waals surface area contributed by atoms with Crippen molar-refractivity contribution in [2.45, 2.75) is 26.3 Å². The first kappa shape index (κ1) is 15.2. The highest BCUT2D eigenvalue weighted by molar-refractivity contribution is 7.09. The Morgan fingerprint density at radius 1 is 1.59 bits per heavy atom. The van der Waals surface area contributed by atoms with Gasteiger partial charge in [-0.05, 0) is 43.7 Å². The number of thiophene rings is 1. The van der Waals surface area contributed by atoms with Gasteiger partial charge in [-0.1, -0.05) is 6.07 Å². The maximum atomic E-state index is 12.1. The Labute approximate surface area is 134 Å². The van der Waals surface area contributed by atoms with Crippen LogP contribution in [0.5, 0.6) is 0 Å². The van der Waals surface area contributed by atoms with Crippen molar-refractivity contribution in [1.29, 1.82) is 0 Å². The van der Waals surface area contributed by atoms with Gasteiger partial charge in [0.1, 0.15) is 0 Å². The van der Waals surface area contributed by atoms with Crippen LogP contribution in [0.1, 0.15) is 33.8 Å². The number of carbonyl (C=O) groups excluding carboxylic acids is 1. The van der Waals surface area contributed by atoms with Crippen molar-refractivity contribution in [2.75, 3.05) is 19.6 Å². The van der Waals surface area contributed by atoms with E-state index in [0.717, 1.165) is 31.9 Å². The van der Waals surface area contributed by atoms with Crippen molar-refractivity contribution in [1.82, 2.24) is 20.4 Å². The predicted molar refractivity (Wildman–Crippen MR) is 88.0 cm³/mol. The number of rotatable bonds is 5. The number of carbonyl (C=O) groups is 1. The van der Waals surface area contributed by atoms with Gasteiger partial charge in [0.05, 0.1) is 11.8 Å². The lowest BCUT2D eigenvalue weighted by Crippen LogP contribution is -2.40. The SMILES string of the molecule is Cc1[nH]ncc1C(=O)NC[C@H]1CCCN(Cc2cccs2)C1. The van der Waals surface area contributed by atoms with Crippen LogP contribution in [-0.4, -0.2) is 40.6 Å². The molecule has 1 aliphatic rings. The summed E-state index contributed by atoms with van der Waals surface area (Å²) in [6, 6.07) is 4.30. The fourth-order valence-electron chi connectivity index (χ4n) is 3.00. The summed E-state index contributed by atoms with van der Waals surface area (Å²) < 4.78 is 0. The van der Waals surface area contributed by atoms with Gasteiger partial charge >= 0.3 is 0 Å². The van der Waals surface area contributed by atoms with Crippen molar-refractivity contribution in [3.05, 3.63) is 39.8 Å². The molecule has 2 N–H and O–H groups in total. The number of piperidine rings is 1. The molecule has 22 heavy (non-hydrogen) atoms. The van der Waals surface area contributed by atoms with E-state index in [0.29, 0.717) is 11.5 Å². The average molecular weight is 318 g/mol. The van der Waals surface area contributed by atoms with Crippen molar-refractivity contribution < 1.29 is 4.79 Å². The average Bonchev–Trinajstić information content (AvgIpc) is 3.17. The molecule has 0 spiro atoms. The van der Waals surface area contributed by atoms with Crippen LogP contribution in [0.4, 0.5) is 0 Å². The summed E-state index contributed by atoms with van der Waals surface area (Å²) >= 11 is 1.81. The Kier molecular flexibility index (Phi) is 4.90. The Bertz CT molecular complexity index is 607. The number of aromatic amines is 1. The summed E-state index contributed by atoms with van der Waals surface area (Å²) in [7, 11) is 0. The number of hydrogen-bond acceptors (Lipinski definition) is 4. The molecule has 0 aromatic carbocycles. The molecule has 1 amide bonds. The van der Waals surface area contributed by atoms with Crippen molar-refractivity contribution in [3.63, 3.8) is 0 Å². The molecule has 118 valence electrons. The highest BCUT2D eigenvalue weighted by Gasteiger charge is 2.21. The summed E-state index contributed by atoms with van der Waals surface area (Å²) in [6.07, 6.45) is 3.98. The summed E-state index contributed by atoms with van der Waals surface area (Å²) in [5, 5.41) is 11.9. The van der Waals surface area contributed by atoms with Gasteiger partial charge in [-0.25, -0.2) is 0 Å². The molecule has 2 aromatic heterocycles. The lowest BCUT2D eigenvalue weighted by atomic mass is 9.98. The molecule has 1 atom stereocenters. The molecule has 1 saturated heterocycles. The second kappa shape index (κ2) is 7.07. The first-order chi connectivity index (χ1) is 10.7. The molecule has 0 aliphatic carbocycles. The van der Waals surface area contributed by atoms with Crippen LogP contribution in [0.15, 0.2) is 23.7 Å². The van der Waals surface area contributed by atoms with Crippen LogP contribution < -0.4 is 5.32 Å². The quantitative estimate of drug-likeness (QED) is 0.890. The molecule has 0 bridgehead atoms. The largest absolute Gasteiger partial charge is 0.352 e. The molecule has 3 heterocycles. The molecule has 0 saturated carbocycles. The van der Waals surface area contributed by atoms with Gasteiger partial charge in [-0.2, -0.15) is 5.10 Å². The molecular formula is C16H22N4OS. The topological polar surface area (TPSA) is 61.0 Å². The molecule has 1 aliphatic heterocycles. The van der Waals surface area contributed by atoms with Crippen molar-refractivity contribution >= 4 is 17.2 Å². The maximum absolute atomic E-state index is 12.1. The van der Waals surface area contributed by atoms with Gasteiger partial charge in [0.25, 0.3) is 5.91 Å². The van der Waals surface area contributed by atoms with E-state index < -0.39 is 0 Å². The lowest BCUT2D eigenvalue weighted by Gasteiger charge is -2.32.